The van der Waals surface area contributed by atoms with Crippen molar-refractivity contribution in [2.24, 2.45) is 0 Å². The van der Waals surface area contributed by atoms with E-state index in [0.29, 0.717) is 18.7 Å². The zero-order valence-electron chi connectivity index (χ0n) is 9.24. The molecule has 88 valence electrons. The summed E-state index contributed by atoms with van der Waals surface area (Å²) in [7, 11) is -1.47. The maximum Gasteiger partial charge on any atom is 0.488 e. The molecule has 0 saturated heterocycles. The van der Waals surface area contributed by atoms with Crippen molar-refractivity contribution in [1.29, 1.82) is 0 Å². The molecule has 0 unspecified atom stereocenters. The van der Waals surface area contributed by atoms with Gasteiger partial charge in [-0.2, -0.15) is 0 Å². The molecule has 17 heavy (non-hydrogen) atoms. The first-order chi connectivity index (χ1) is 8.27. The summed E-state index contributed by atoms with van der Waals surface area (Å²) >= 11 is 0. The second-order valence-electron chi connectivity index (χ2n) is 3.64. The third-order valence-electron chi connectivity index (χ3n) is 2.42. The highest BCUT2D eigenvalue weighted by molar-refractivity contribution is 6.59. The molecule has 2 N–H and O–H groups in total. The van der Waals surface area contributed by atoms with Crippen molar-refractivity contribution in [2.45, 2.75) is 13.2 Å². The van der Waals surface area contributed by atoms with E-state index in [0.717, 1.165) is 11.3 Å². The van der Waals surface area contributed by atoms with Crippen LogP contribution in [0.4, 0.5) is 0 Å². The van der Waals surface area contributed by atoms with E-state index in [9.17, 15) is 0 Å². The molecule has 1 aromatic carbocycles. The molecule has 0 radical (unpaired) electrons. The van der Waals surface area contributed by atoms with Crippen molar-refractivity contribution in [3.63, 3.8) is 0 Å². The molecule has 1 heterocycles. The highest BCUT2D eigenvalue weighted by atomic mass is 16.5. The summed E-state index contributed by atoms with van der Waals surface area (Å²) < 4.78 is 10.6. The zero-order chi connectivity index (χ0) is 12.1. The summed E-state index contributed by atoms with van der Waals surface area (Å²) in [5, 5.41) is 18.3. The third-order valence-corrected chi connectivity index (χ3v) is 2.42. The third kappa shape index (κ3) is 3.20. The second kappa shape index (κ2) is 5.68. The van der Waals surface area contributed by atoms with Crippen LogP contribution in [0.1, 0.15) is 11.3 Å². The van der Waals surface area contributed by atoms with Gasteiger partial charge in [-0.05, 0) is 23.2 Å². The number of hydrogen-bond acceptors (Lipinski definition) is 4. The number of hydrogen-bond donors (Lipinski definition) is 2. The molecule has 0 spiro atoms. The van der Waals surface area contributed by atoms with Crippen LogP contribution < -0.4 is 5.46 Å². The van der Waals surface area contributed by atoms with Crippen LogP contribution in [0.15, 0.2) is 47.1 Å². The minimum atomic E-state index is -1.47. The Morgan fingerprint density at radius 2 is 1.88 bits per heavy atom. The fraction of sp³-hybridized carbons (Fsp3) is 0.167. The molecular formula is C12H13BO4. The SMILES string of the molecule is OB(O)c1ccccc1COCc1ccco1. The standard InChI is InChI=1S/C12H13BO4/c14-13(15)12-6-2-1-4-10(12)8-16-9-11-5-3-7-17-11/h1-7,14-15H,8-9H2. The Labute approximate surface area is 99.6 Å². The van der Waals surface area contributed by atoms with Crippen LogP contribution >= 0.6 is 0 Å². The Morgan fingerprint density at radius 1 is 1.06 bits per heavy atom. The van der Waals surface area contributed by atoms with Crippen molar-refractivity contribution < 1.29 is 19.2 Å². The van der Waals surface area contributed by atoms with Crippen LogP contribution in [0.25, 0.3) is 0 Å². The van der Waals surface area contributed by atoms with E-state index in [1.807, 2.05) is 12.1 Å². The van der Waals surface area contributed by atoms with Gasteiger partial charge in [0.2, 0.25) is 0 Å². The highest BCUT2D eigenvalue weighted by Crippen LogP contribution is 2.05. The Hall–Kier alpha value is -1.56. The molecule has 0 fully saturated rings. The summed E-state index contributed by atoms with van der Waals surface area (Å²) in [6.07, 6.45) is 1.59. The molecule has 1 aromatic heterocycles. The zero-order valence-corrected chi connectivity index (χ0v) is 9.24. The lowest BCUT2D eigenvalue weighted by Crippen LogP contribution is -2.33. The van der Waals surface area contributed by atoms with Crippen molar-refractivity contribution in [1.82, 2.24) is 0 Å². The Balaban J connectivity index is 1.94. The van der Waals surface area contributed by atoms with Gasteiger partial charge in [-0.3, -0.25) is 0 Å². The quantitative estimate of drug-likeness (QED) is 0.744. The summed E-state index contributed by atoms with van der Waals surface area (Å²) in [5.41, 5.74) is 1.22. The van der Waals surface area contributed by atoms with Gasteiger partial charge in [-0.1, -0.05) is 24.3 Å². The summed E-state index contributed by atoms with van der Waals surface area (Å²) in [6.45, 7) is 0.678. The molecule has 2 rings (SSSR count). The molecule has 0 saturated carbocycles. The number of benzene rings is 1. The van der Waals surface area contributed by atoms with Crippen molar-refractivity contribution in [2.75, 3.05) is 0 Å². The Kier molecular flexibility index (Phi) is 3.98. The maximum absolute atomic E-state index is 9.17. The van der Waals surface area contributed by atoms with E-state index in [-0.39, 0.29) is 0 Å². The van der Waals surface area contributed by atoms with Gasteiger partial charge < -0.3 is 19.2 Å². The first-order valence-electron chi connectivity index (χ1n) is 5.31. The van der Waals surface area contributed by atoms with Gasteiger partial charge in [0.1, 0.15) is 12.4 Å². The van der Waals surface area contributed by atoms with Gasteiger partial charge in [-0.15, -0.1) is 0 Å². The minimum Gasteiger partial charge on any atom is -0.467 e. The van der Waals surface area contributed by atoms with Crippen LogP contribution in [0.5, 0.6) is 0 Å². The molecule has 0 bridgehead atoms. The van der Waals surface area contributed by atoms with Gasteiger partial charge in [-0.25, -0.2) is 0 Å². The van der Waals surface area contributed by atoms with E-state index in [2.05, 4.69) is 0 Å². The minimum absolute atomic E-state index is 0.314. The molecule has 0 aliphatic carbocycles. The second-order valence-corrected chi connectivity index (χ2v) is 3.64. The summed E-state index contributed by atoms with van der Waals surface area (Å²) in [5.74, 6) is 0.743. The van der Waals surface area contributed by atoms with E-state index >= 15 is 0 Å². The molecule has 5 heteroatoms. The monoisotopic (exact) mass is 232 g/mol. The first kappa shape index (κ1) is 11.9. The maximum atomic E-state index is 9.17. The van der Waals surface area contributed by atoms with Crippen LogP contribution in [-0.4, -0.2) is 17.2 Å². The largest absolute Gasteiger partial charge is 0.488 e. The first-order valence-corrected chi connectivity index (χ1v) is 5.31. The normalized spacial score (nSPS) is 10.5. The number of furan rings is 1. The highest BCUT2D eigenvalue weighted by Gasteiger charge is 2.14. The fourth-order valence-corrected chi connectivity index (χ4v) is 1.57. The topological polar surface area (TPSA) is 62.8 Å². The van der Waals surface area contributed by atoms with E-state index in [1.165, 1.54) is 0 Å². The van der Waals surface area contributed by atoms with Crippen LogP contribution in [-0.2, 0) is 18.0 Å². The molecule has 0 aliphatic heterocycles. The van der Waals surface area contributed by atoms with Crippen LogP contribution in [0.2, 0.25) is 0 Å². The van der Waals surface area contributed by atoms with E-state index < -0.39 is 7.12 Å². The molecule has 0 amide bonds. The van der Waals surface area contributed by atoms with Crippen molar-refractivity contribution in [3.05, 3.63) is 54.0 Å². The van der Waals surface area contributed by atoms with Crippen molar-refractivity contribution >= 4 is 12.6 Å². The Bertz CT molecular complexity index is 453. The molecule has 0 atom stereocenters. The molecule has 0 aliphatic rings. The van der Waals surface area contributed by atoms with Crippen LogP contribution in [0.3, 0.4) is 0 Å². The van der Waals surface area contributed by atoms with E-state index in [1.54, 1.807) is 30.5 Å². The average Bonchev–Trinajstić information content (AvgIpc) is 2.82. The fourth-order valence-electron chi connectivity index (χ4n) is 1.57. The number of rotatable bonds is 5. The van der Waals surface area contributed by atoms with E-state index in [4.69, 9.17) is 19.2 Å². The average molecular weight is 232 g/mol. The van der Waals surface area contributed by atoms with Gasteiger partial charge in [0.05, 0.1) is 12.9 Å². The number of ether oxygens (including phenoxy) is 1. The lowest BCUT2D eigenvalue weighted by molar-refractivity contribution is 0.0933. The summed E-state index contributed by atoms with van der Waals surface area (Å²) in [4.78, 5) is 0. The molecule has 4 nitrogen and oxygen atoms in total. The smallest absolute Gasteiger partial charge is 0.467 e. The Morgan fingerprint density at radius 3 is 2.59 bits per heavy atom. The van der Waals surface area contributed by atoms with Gasteiger partial charge in [0.25, 0.3) is 0 Å². The predicted octanol–water partition coefficient (Wildman–Crippen LogP) is 0.676. The van der Waals surface area contributed by atoms with Gasteiger partial charge in [0, 0.05) is 0 Å². The lowest BCUT2D eigenvalue weighted by Gasteiger charge is -2.08. The van der Waals surface area contributed by atoms with Gasteiger partial charge in [0.15, 0.2) is 0 Å². The molecule has 2 aromatic rings. The predicted molar refractivity (Wildman–Crippen MR) is 63.5 cm³/mol. The molecular weight excluding hydrogens is 219 g/mol. The summed E-state index contributed by atoms with van der Waals surface area (Å²) in [6, 6.07) is 10.7. The van der Waals surface area contributed by atoms with Crippen LogP contribution in [0, 0.1) is 0 Å². The van der Waals surface area contributed by atoms with Crippen molar-refractivity contribution in [3.8, 4) is 0 Å². The lowest BCUT2D eigenvalue weighted by atomic mass is 9.77. The van der Waals surface area contributed by atoms with Gasteiger partial charge >= 0.3 is 7.12 Å².